The average Bonchev–Trinajstić information content (AvgIpc) is 2.55. The first-order valence-corrected chi connectivity index (χ1v) is 7.26. The van der Waals surface area contributed by atoms with Crippen LogP contribution in [0.5, 0.6) is 5.75 Å². The molecule has 0 fully saturated rings. The van der Waals surface area contributed by atoms with Crippen molar-refractivity contribution in [3.63, 3.8) is 0 Å². The van der Waals surface area contributed by atoms with Gasteiger partial charge in [0.1, 0.15) is 11.8 Å². The highest BCUT2D eigenvalue weighted by Gasteiger charge is 2.08. The van der Waals surface area contributed by atoms with Crippen molar-refractivity contribution in [1.29, 1.82) is 5.26 Å². The van der Waals surface area contributed by atoms with Crippen LogP contribution in [-0.4, -0.2) is 12.8 Å². The summed E-state index contributed by atoms with van der Waals surface area (Å²) in [6.07, 6.45) is 0. The fraction of sp³-hybridized carbons (Fsp3) is 0.222. The molecule has 0 atom stereocenters. The lowest BCUT2D eigenvalue weighted by Crippen LogP contribution is -2.32. The summed E-state index contributed by atoms with van der Waals surface area (Å²) in [7, 11) is 0. The van der Waals surface area contributed by atoms with Crippen molar-refractivity contribution >= 4 is 11.7 Å². The highest BCUT2D eigenvalue weighted by atomic mass is 16.5. The van der Waals surface area contributed by atoms with E-state index in [1.165, 1.54) is 0 Å². The summed E-state index contributed by atoms with van der Waals surface area (Å²) in [5.74, 6) is 0.780. The van der Waals surface area contributed by atoms with Crippen LogP contribution in [0, 0.1) is 32.1 Å². The van der Waals surface area contributed by atoms with Gasteiger partial charge in [-0.25, -0.2) is 4.79 Å². The summed E-state index contributed by atoms with van der Waals surface area (Å²) >= 11 is 0. The molecule has 5 nitrogen and oxygen atoms in total. The van der Waals surface area contributed by atoms with E-state index in [2.05, 4.69) is 10.6 Å². The minimum absolute atomic E-state index is 0.0473. The van der Waals surface area contributed by atoms with E-state index < -0.39 is 6.03 Å². The van der Waals surface area contributed by atoms with E-state index in [-0.39, 0.29) is 6.73 Å². The molecule has 0 radical (unpaired) electrons. The van der Waals surface area contributed by atoms with Crippen molar-refractivity contribution in [2.24, 2.45) is 0 Å². The standard InChI is InChI=1S/C18H19N3O2/c1-12-8-9-13(2)17(14(12)3)23-11-20-18(22)21-16-7-5-4-6-15(16)10-19/h4-9H,11H2,1-3H3,(H2,20,21,22). The monoisotopic (exact) mass is 309 g/mol. The van der Waals surface area contributed by atoms with Gasteiger partial charge >= 0.3 is 6.03 Å². The topological polar surface area (TPSA) is 74.2 Å². The van der Waals surface area contributed by atoms with Gasteiger partial charge in [-0.1, -0.05) is 24.3 Å². The van der Waals surface area contributed by atoms with Crippen molar-refractivity contribution < 1.29 is 9.53 Å². The van der Waals surface area contributed by atoms with E-state index >= 15 is 0 Å². The summed E-state index contributed by atoms with van der Waals surface area (Å²) in [5, 5.41) is 14.3. The first-order valence-electron chi connectivity index (χ1n) is 7.26. The molecule has 0 aliphatic heterocycles. The number of hydrogen-bond acceptors (Lipinski definition) is 3. The zero-order chi connectivity index (χ0) is 16.8. The summed E-state index contributed by atoms with van der Waals surface area (Å²) in [4.78, 5) is 11.9. The molecular formula is C18H19N3O2. The van der Waals surface area contributed by atoms with E-state index in [1.54, 1.807) is 24.3 Å². The first kappa shape index (κ1) is 16.4. The molecule has 0 saturated carbocycles. The van der Waals surface area contributed by atoms with Crippen molar-refractivity contribution in [2.45, 2.75) is 20.8 Å². The van der Waals surface area contributed by atoms with E-state index in [0.29, 0.717) is 11.3 Å². The minimum atomic E-state index is -0.421. The average molecular weight is 309 g/mol. The molecule has 0 aliphatic carbocycles. The molecule has 2 aromatic carbocycles. The molecule has 0 unspecified atom stereocenters. The Balaban J connectivity index is 1.94. The van der Waals surface area contributed by atoms with Gasteiger partial charge in [0.15, 0.2) is 6.73 Å². The third-order valence-corrected chi connectivity index (χ3v) is 3.62. The quantitative estimate of drug-likeness (QED) is 0.847. The summed E-state index contributed by atoms with van der Waals surface area (Å²) in [6.45, 7) is 6.01. The highest BCUT2D eigenvalue weighted by Crippen LogP contribution is 2.25. The summed E-state index contributed by atoms with van der Waals surface area (Å²) in [6, 6.07) is 12.5. The van der Waals surface area contributed by atoms with Crippen LogP contribution in [-0.2, 0) is 0 Å². The summed E-state index contributed by atoms with van der Waals surface area (Å²) in [5.41, 5.74) is 4.09. The second-order valence-corrected chi connectivity index (χ2v) is 5.23. The Bertz CT molecular complexity index is 763. The zero-order valence-electron chi connectivity index (χ0n) is 13.4. The fourth-order valence-electron chi connectivity index (χ4n) is 2.18. The van der Waals surface area contributed by atoms with E-state index in [4.69, 9.17) is 10.00 Å². The van der Waals surface area contributed by atoms with Crippen molar-refractivity contribution in [3.8, 4) is 11.8 Å². The Morgan fingerprint density at radius 3 is 2.57 bits per heavy atom. The number of ether oxygens (including phenoxy) is 1. The fourth-order valence-corrected chi connectivity index (χ4v) is 2.18. The van der Waals surface area contributed by atoms with Crippen molar-refractivity contribution in [1.82, 2.24) is 5.32 Å². The number of aryl methyl sites for hydroxylation is 2. The number of hydrogen-bond donors (Lipinski definition) is 2. The lowest BCUT2D eigenvalue weighted by atomic mass is 10.1. The van der Waals surface area contributed by atoms with Crippen LogP contribution in [0.4, 0.5) is 10.5 Å². The second-order valence-electron chi connectivity index (χ2n) is 5.23. The molecule has 0 aliphatic rings. The molecule has 0 heterocycles. The van der Waals surface area contributed by atoms with Gasteiger partial charge in [0.05, 0.1) is 11.3 Å². The highest BCUT2D eigenvalue weighted by molar-refractivity contribution is 5.90. The number of nitriles is 1. The van der Waals surface area contributed by atoms with Crippen molar-refractivity contribution in [3.05, 3.63) is 58.7 Å². The van der Waals surface area contributed by atoms with Crippen molar-refractivity contribution in [2.75, 3.05) is 12.0 Å². The van der Waals surface area contributed by atoms with Crippen LogP contribution in [0.3, 0.4) is 0 Å². The maximum Gasteiger partial charge on any atom is 0.321 e. The molecule has 0 aromatic heterocycles. The van der Waals surface area contributed by atoms with Crippen LogP contribution < -0.4 is 15.4 Å². The molecule has 0 spiro atoms. The predicted molar refractivity (Wildman–Crippen MR) is 89.5 cm³/mol. The Morgan fingerprint density at radius 1 is 1.13 bits per heavy atom. The number of carbonyl (C=O) groups excluding carboxylic acids is 1. The van der Waals surface area contributed by atoms with Gasteiger partial charge in [0.2, 0.25) is 0 Å². The minimum Gasteiger partial charge on any atom is -0.473 e. The maximum absolute atomic E-state index is 11.9. The number of anilines is 1. The number of carbonyl (C=O) groups is 1. The Morgan fingerprint density at radius 2 is 1.83 bits per heavy atom. The van der Waals surface area contributed by atoms with Gasteiger partial charge in [-0.3, -0.25) is 0 Å². The predicted octanol–water partition coefficient (Wildman–Crippen LogP) is 3.64. The SMILES string of the molecule is Cc1ccc(C)c(OCNC(=O)Nc2ccccc2C#N)c1C. The van der Waals surface area contributed by atoms with Crippen LogP contribution in [0.2, 0.25) is 0 Å². The summed E-state index contributed by atoms with van der Waals surface area (Å²) < 4.78 is 5.68. The largest absolute Gasteiger partial charge is 0.473 e. The van der Waals surface area contributed by atoms with Gasteiger partial charge in [-0.15, -0.1) is 0 Å². The second kappa shape index (κ2) is 7.32. The van der Waals surface area contributed by atoms with E-state index in [0.717, 1.165) is 22.4 Å². The number of nitrogens with zero attached hydrogens (tertiary/aromatic N) is 1. The van der Waals surface area contributed by atoms with Crippen LogP contribution in [0.1, 0.15) is 22.3 Å². The van der Waals surface area contributed by atoms with Gasteiger partial charge < -0.3 is 15.4 Å². The lowest BCUT2D eigenvalue weighted by molar-refractivity contribution is 0.234. The van der Waals surface area contributed by atoms with Gasteiger partial charge in [0, 0.05) is 0 Å². The van der Waals surface area contributed by atoms with Crippen LogP contribution in [0.15, 0.2) is 36.4 Å². The molecule has 0 bridgehead atoms. The Labute approximate surface area is 135 Å². The van der Waals surface area contributed by atoms with Crippen LogP contribution >= 0.6 is 0 Å². The van der Waals surface area contributed by atoms with Gasteiger partial charge in [-0.05, 0) is 49.6 Å². The number of amides is 2. The zero-order valence-corrected chi connectivity index (χ0v) is 13.4. The molecule has 2 rings (SSSR count). The van der Waals surface area contributed by atoms with Gasteiger partial charge in [-0.2, -0.15) is 5.26 Å². The third kappa shape index (κ3) is 4.01. The molecule has 118 valence electrons. The lowest BCUT2D eigenvalue weighted by Gasteiger charge is -2.15. The van der Waals surface area contributed by atoms with E-state index in [9.17, 15) is 4.79 Å². The Kier molecular flexibility index (Phi) is 5.21. The number of rotatable bonds is 4. The smallest absolute Gasteiger partial charge is 0.321 e. The molecule has 0 saturated heterocycles. The Hall–Kier alpha value is -3.00. The molecule has 2 N–H and O–H groups in total. The normalized spacial score (nSPS) is 9.83. The van der Waals surface area contributed by atoms with E-state index in [1.807, 2.05) is 39.0 Å². The first-order chi connectivity index (χ1) is 11.0. The third-order valence-electron chi connectivity index (χ3n) is 3.62. The number of para-hydroxylation sites is 1. The number of nitrogens with one attached hydrogen (secondary N) is 2. The number of urea groups is 1. The van der Waals surface area contributed by atoms with Crippen LogP contribution in [0.25, 0.3) is 0 Å². The van der Waals surface area contributed by atoms with Gasteiger partial charge in [0.25, 0.3) is 0 Å². The molecular weight excluding hydrogens is 290 g/mol. The number of benzene rings is 2. The molecule has 2 aromatic rings. The molecule has 23 heavy (non-hydrogen) atoms. The maximum atomic E-state index is 11.9. The molecule has 5 heteroatoms. The molecule has 2 amide bonds.